The van der Waals surface area contributed by atoms with Crippen molar-refractivity contribution in [2.75, 3.05) is 6.54 Å². The number of rotatable bonds is 7. The van der Waals surface area contributed by atoms with Crippen molar-refractivity contribution >= 4 is 12.0 Å². The largest absolute Gasteiger partial charge is 0.481 e. The molecule has 5 nitrogen and oxygen atoms in total. The Bertz CT molecular complexity index is 320. The highest BCUT2D eigenvalue weighted by atomic mass is 16.4. The van der Waals surface area contributed by atoms with Gasteiger partial charge in [-0.1, -0.05) is 20.3 Å². The average molecular weight is 284 g/mol. The Balaban J connectivity index is 2.07. The van der Waals surface area contributed by atoms with Gasteiger partial charge in [0.15, 0.2) is 0 Å². The summed E-state index contributed by atoms with van der Waals surface area (Å²) in [4.78, 5) is 22.1. The van der Waals surface area contributed by atoms with Crippen LogP contribution in [0.5, 0.6) is 0 Å². The Hall–Kier alpha value is -1.26. The molecule has 0 saturated heterocycles. The molecule has 1 fully saturated rings. The lowest BCUT2D eigenvalue weighted by molar-refractivity contribution is -0.137. The van der Waals surface area contributed by atoms with Gasteiger partial charge in [0.2, 0.25) is 0 Å². The van der Waals surface area contributed by atoms with Crippen LogP contribution < -0.4 is 10.6 Å². The van der Waals surface area contributed by atoms with Crippen LogP contribution in [0.4, 0.5) is 4.79 Å². The minimum absolute atomic E-state index is 0.0883. The van der Waals surface area contributed by atoms with Crippen molar-refractivity contribution in [3.05, 3.63) is 0 Å². The van der Waals surface area contributed by atoms with E-state index < -0.39 is 5.97 Å². The van der Waals surface area contributed by atoms with E-state index in [4.69, 9.17) is 5.11 Å². The zero-order valence-electron chi connectivity index (χ0n) is 12.7. The number of unbranched alkanes of at least 4 members (excludes halogenated alkanes) is 2. The summed E-state index contributed by atoms with van der Waals surface area (Å²) in [5.41, 5.74) is 0. The third kappa shape index (κ3) is 6.78. The summed E-state index contributed by atoms with van der Waals surface area (Å²) in [5, 5.41) is 14.4. The van der Waals surface area contributed by atoms with Crippen molar-refractivity contribution in [3.63, 3.8) is 0 Å². The zero-order chi connectivity index (χ0) is 15.0. The Morgan fingerprint density at radius 3 is 2.55 bits per heavy atom. The van der Waals surface area contributed by atoms with E-state index in [2.05, 4.69) is 24.5 Å². The molecule has 1 aliphatic rings. The standard InChI is InChI=1S/C15H28N2O3/c1-11-7-8-13(12(2)10-11)17-15(20)16-9-5-3-4-6-14(18)19/h11-13H,3-10H2,1-2H3,(H,18,19)(H2,16,17,20). The smallest absolute Gasteiger partial charge is 0.315 e. The number of carbonyl (C=O) groups excluding carboxylic acids is 1. The topological polar surface area (TPSA) is 78.4 Å². The lowest BCUT2D eigenvalue weighted by Crippen LogP contribution is -2.47. The molecule has 0 bridgehead atoms. The van der Waals surface area contributed by atoms with E-state index in [-0.39, 0.29) is 12.5 Å². The molecular formula is C15H28N2O3. The zero-order valence-corrected chi connectivity index (χ0v) is 12.7. The molecule has 0 aromatic heterocycles. The van der Waals surface area contributed by atoms with E-state index in [1.54, 1.807) is 0 Å². The minimum atomic E-state index is -0.754. The molecule has 3 N–H and O–H groups in total. The van der Waals surface area contributed by atoms with E-state index in [1.807, 2.05) is 0 Å². The Labute approximate surface area is 121 Å². The molecule has 0 radical (unpaired) electrons. The second-order valence-electron chi connectivity index (χ2n) is 6.11. The number of aliphatic carboxylic acids is 1. The third-order valence-electron chi connectivity index (χ3n) is 4.10. The summed E-state index contributed by atoms with van der Waals surface area (Å²) in [6.07, 6.45) is 5.99. The fourth-order valence-corrected chi connectivity index (χ4v) is 2.88. The van der Waals surface area contributed by atoms with Gasteiger partial charge in [0.1, 0.15) is 0 Å². The fraction of sp³-hybridized carbons (Fsp3) is 0.867. The summed E-state index contributed by atoms with van der Waals surface area (Å²) in [5.74, 6) is 0.552. The van der Waals surface area contributed by atoms with E-state index in [9.17, 15) is 9.59 Å². The van der Waals surface area contributed by atoms with E-state index in [0.717, 1.165) is 25.2 Å². The second-order valence-corrected chi connectivity index (χ2v) is 6.11. The van der Waals surface area contributed by atoms with Gasteiger partial charge in [0.05, 0.1) is 0 Å². The average Bonchev–Trinajstić information content (AvgIpc) is 2.36. The number of carboxylic acids is 1. The van der Waals surface area contributed by atoms with Gasteiger partial charge >= 0.3 is 12.0 Å². The van der Waals surface area contributed by atoms with Crippen LogP contribution in [0.1, 0.15) is 58.8 Å². The Kier molecular flexibility index (Phi) is 7.41. The van der Waals surface area contributed by atoms with Crippen LogP contribution in [0.25, 0.3) is 0 Å². The van der Waals surface area contributed by atoms with Crippen molar-refractivity contribution in [2.45, 2.75) is 64.8 Å². The van der Waals surface area contributed by atoms with Crippen LogP contribution in [0, 0.1) is 11.8 Å². The minimum Gasteiger partial charge on any atom is -0.481 e. The van der Waals surface area contributed by atoms with Gasteiger partial charge in [-0.3, -0.25) is 4.79 Å². The molecule has 1 aliphatic carbocycles. The summed E-state index contributed by atoms with van der Waals surface area (Å²) in [7, 11) is 0. The maximum atomic E-state index is 11.8. The molecule has 0 spiro atoms. The van der Waals surface area contributed by atoms with E-state index in [0.29, 0.717) is 24.9 Å². The number of hydrogen-bond acceptors (Lipinski definition) is 2. The van der Waals surface area contributed by atoms with E-state index >= 15 is 0 Å². The molecule has 2 amide bonds. The fourth-order valence-electron chi connectivity index (χ4n) is 2.88. The van der Waals surface area contributed by atoms with Crippen molar-refractivity contribution < 1.29 is 14.7 Å². The Morgan fingerprint density at radius 1 is 1.15 bits per heavy atom. The molecule has 5 heteroatoms. The highest BCUT2D eigenvalue weighted by molar-refractivity contribution is 5.74. The highest BCUT2D eigenvalue weighted by Crippen LogP contribution is 2.28. The van der Waals surface area contributed by atoms with Gasteiger partial charge in [-0.2, -0.15) is 0 Å². The molecule has 0 heterocycles. The van der Waals surface area contributed by atoms with Gasteiger partial charge in [-0.05, 0) is 43.9 Å². The molecule has 0 aliphatic heterocycles. The molecule has 116 valence electrons. The van der Waals surface area contributed by atoms with Crippen molar-refractivity contribution in [3.8, 4) is 0 Å². The number of hydrogen-bond donors (Lipinski definition) is 3. The summed E-state index contributed by atoms with van der Waals surface area (Å²) in [6.45, 7) is 5.08. The monoisotopic (exact) mass is 284 g/mol. The number of carbonyl (C=O) groups is 2. The summed E-state index contributed by atoms with van der Waals surface area (Å²) < 4.78 is 0. The SMILES string of the molecule is CC1CCC(NC(=O)NCCCCCC(=O)O)C(C)C1. The highest BCUT2D eigenvalue weighted by Gasteiger charge is 2.26. The van der Waals surface area contributed by atoms with Crippen LogP contribution in [0.2, 0.25) is 0 Å². The number of amides is 2. The van der Waals surface area contributed by atoms with Crippen LogP contribution in [-0.4, -0.2) is 29.7 Å². The number of nitrogens with one attached hydrogen (secondary N) is 2. The van der Waals surface area contributed by atoms with Gasteiger partial charge in [0.25, 0.3) is 0 Å². The van der Waals surface area contributed by atoms with Gasteiger partial charge in [-0.25, -0.2) is 4.79 Å². The lowest BCUT2D eigenvalue weighted by atomic mass is 9.80. The molecule has 3 atom stereocenters. The predicted octanol–water partition coefficient (Wildman–Crippen LogP) is 2.76. The predicted molar refractivity (Wildman–Crippen MR) is 78.6 cm³/mol. The van der Waals surface area contributed by atoms with Crippen LogP contribution in [-0.2, 0) is 4.79 Å². The van der Waals surface area contributed by atoms with Crippen molar-refractivity contribution in [2.24, 2.45) is 11.8 Å². The molecule has 0 aromatic rings. The molecule has 1 rings (SSSR count). The van der Waals surface area contributed by atoms with Gasteiger partial charge in [0, 0.05) is 19.0 Å². The molecule has 3 unspecified atom stereocenters. The first-order valence-electron chi connectivity index (χ1n) is 7.75. The first-order chi connectivity index (χ1) is 9.49. The van der Waals surface area contributed by atoms with Crippen LogP contribution in [0.15, 0.2) is 0 Å². The normalized spacial score (nSPS) is 26.0. The first kappa shape index (κ1) is 16.8. The van der Waals surface area contributed by atoms with Crippen molar-refractivity contribution in [1.82, 2.24) is 10.6 Å². The molecule has 20 heavy (non-hydrogen) atoms. The van der Waals surface area contributed by atoms with Crippen LogP contribution in [0.3, 0.4) is 0 Å². The molecular weight excluding hydrogens is 256 g/mol. The molecule has 1 saturated carbocycles. The van der Waals surface area contributed by atoms with E-state index in [1.165, 1.54) is 12.8 Å². The van der Waals surface area contributed by atoms with Gasteiger partial charge in [-0.15, -0.1) is 0 Å². The second kappa shape index (κ2) is 8.82. The summed E-state index contributed by atoms with van der Waals surface area (Å²) in [6, 6.07) is 0.202. The maximum Gasteiger partial charge on any atom is 0.315 e. The van der Waals surface area contributed by atoms with Crippen LogP contribution >= 0.6 is 0 Å². The Morgan fingerprint density at radius 2 is 1.90 bits per heavy atom. The summed E-state index contributed by atoms with van der Waals surface area (Å²) >= 11 is 0. The first-order valence-corrected chi connectivity index (χ1v) is 7.75. The molecule has 0 aromatic carbocycles. The number of carboxylic acid groups (broad SMARTS) is 1. The number of urea groups is 1. The quantitative estimate of drug-likeness (QED) is 0.629. The maximum absolute atomic E-state index is 11.8. The lowest BCUT2D eigenvalue weighted by Gasteiger charge is -2.33. The third-order valence-corrected chi connectivity index (χ3v) is 4.10. The van der Waals surface area contributed by atoms with Crippen molar-refractivity contribution in [1.29, 1.82) is 0 Å². The van der Waals surface area contributed by atoms with Gasteiger partial charge < -0.3 is 15.7 Å².